The third-order valence-electron chi connectivity index (χ3n) is 13.3. The van der Waals surface area contributed by atoms with E-state index >= 15 is 0 Å². The third kappa shape index (κ3) is 12.8. The first-order chi connectivity index (χ1) is 32.2. The summed E-state index contributed by atoms with van der Waals surface area (Å²) in [4.78, 5) is 54.8. The van der Waals surface area contributed by atoms with Crippen LogP contribution in [0.4, 0.5) is 0 Å². The van der Waals surface area contributed by atoms with Crippen molar-refractivity contribution in [2.24, 2.45) is 34.5 Å². The molecule has 360 valence electrons. The van der Waals surface area contributed by atoms with Gasteiger partial charge in [-0.15, -0.1) is 26.3 Å². The molecule has 0 bridgehead atoms. The summed E-state index contributed by atoms with van der Waals surface area (Å²) in [5, 5.41) is 22.1. The molecule has 6 atom stereocenters. The number of hydrogen-bond acceptors (Lipinski definition) is 8. The smallest absolute Gasteiger partial charge is 0.196 e. The Morgan fingerprint density at radius 3 is 0.956 bits per heavy atom. The SMILES string of the molecule is C=CC[C@H](CC1(C[C@H](CC=C)C(=C)C)C(=O)/C(=C(/O)c2ccccc2)C(=O)C=C1OC)C(=C)C.C=CC[C@H](CC1(C[C@H](CC=C)C(=C)C)C(=O)/C(=C(/O)c2ccccc2)C(=O)C=C1OC)C(=C)C. The summed E-state index contributed by atoms with van der Waals surface area (Å²) in [5.41, 5.74) is 1.66. The molecule has 2 aliphatic rings. The lowest BCUT2D eigenvalue weighted by Gasteiger charge is -2.41. The van der Waals surface area contributed by atoms with Gasteiger partial charge in [0.05, 0.1) is 25.0 Å². The van der Waals surface area contributed by atoms with Gasteiger partial charge in [0.2, 0.25) is 0 Å². The number of ether oxygens (including phenoxy) is 2. The molecule has 0 aliphatic heterocycles. The topological polar surface area (TPSA) is 127 Å². The summed E-state index contributed by atoms with van der Waals surface area (Å²) in [6.45, 7) is 39.7. The number of rotatable bonds is 24. The average molecular weight is 921 g/mol. The summed E-state index contributed by atoms with van der Waals surface area (Å²) in [5.74, 6) is -2.32. The molecule has 2 aromatic rings. The highest BCUT2D eigenvalue weighted by Crippen LogP contribution is 2.52. The van der Waals surface area contributed by atoms with Crippen LogP contribution in [0.1, 0.15) is 90.2 Å². The lowest BCUT2D eigenvalue weighted by Crippen LogP contribution is -2.44. The van der Waals surface area contributed by atoms with Gasteiger partial charge >= 0.3 is 0 Å². The van der Waals surface area contributed by atoms with Crippen molar-refractivity contribution in [3.05, 3.63) is 206 Å². The predicted molar refractivity (Wildman–Crippen MR) is 278 cm³/mol. The number of allylic oxidation sites excluding steroid dienone is 14. The van der Waals surface area contributed by atoms with Crippen molar-refractivity contribution in [3.63, 3.8) is 0 Å². The van der Waals surface area contributed by atoms with Gasteiger partial charge in [0, 0.05) is 23.3 Å². The lowest BCUT2D eigenvalue weighted by atomic mass is 9.62. The molecule has 0 saturated heterocycles. The van der Waals surface area contributed by atoms with Crippen LogP contribution in [0.3, 0.4) is 0 Å². The van der Waals surface area contributed by atoms with E-state index < -0.39 is 34.0 Å². The van der Waals surface area contributed by atoms with E-state index in [0.717, 1.165) is 22.3 Å². The molecule has 0 amide bonds. The molecule has 2 aliphatic carbocycles. The van der Waals surface area contributed by atoms with Gasteiger partial charge in [-0.25, -0.2) is 0 Å². The van der Waals surface area contributed by atoms with Gasteiger partial charge in [-0.2, -0.15) is 0 Å². The van der Waals surface area contributed by atoms with Crippen molar-refractivity contribution in [2.75, 3.05) is 14.2 Å². The number of carbonyl (C=O) groups excluding carboxylic acids is 4. The maximum Gasteiger partial charge on any atom is 0.196 e. The molecule has 0 radical (unpaired) electrons. The Labute approximate surface area is 405 Å². The predicted octanol–water partition coefficient (Wildman–Crippen LogP) is 13.9. The van der Waals surface area contributed by atoms with E-state index in [-0.39, 0.29) is 46.3 Å². The van der Waals surface area contributed by atoms with E-state index in [9.17, 15) is 29.4 Å². The number of ketones is 4. The second-order valence-corrected chi connectivity index (χ2v) is 18.2. The van der Waals surface area contributed by atoms with Crippen molar-refractivity contribution < 1.29 is 38.9 Å². The van der Waals surface area contributed by atoms with E-state index in [1.807, 2.05) is 27.7 Å². The zero-order valence-electron chi connectivity index (χ0n) is 41.2. The highest BCUT2D eigenvalue weighted by atomic mass is 16.5. The molecule has 8 nitrogen and oxygen atoms in total. The van der Waals surface area contributed by atoms with Crippen LogP contribution < -0.4 is 0 Å². The van der Waals surface area contributed by atoms with Crippen molar-refractivity contribution in [1.29, 1.82) is 0 Å². The quantitative estimate of drug-likeness (QED) is 0.0461. The molecule has 0 heterocycles. The van der Waals surface area contributed by atoms with E-state index in [0.29, 0.717) is 74.0 Å². The molecule has 2 unspecified atom stereocenters. The molecule has 0 aromatic heterocycles. The molecule has 4 rings (SSSR count). The number of carbonyl (C=O) groups is 4. The van der Waals surface area contributed by atoms with E-state index in [4.69, 9.17) is 9.47 Å². The minimum atomic E-state index is -1.18. The second kappa shape index (κ2) is 25.4. The summed E-state index contributed by atoms with van der Waals surface area (Å²) < 4.78 is 11.4. The summed E-state index contributed by atoms with van der Waals surface area (Å²) in [6, 6.07) is 17.3. The Kier molecular flexibility index (Phi) is 20.7. The molecule has 0 fully saturated rings. The fraction of sp³-hybridized carbons (Fsp3) is 0.333. The normalized spacial score (nSPS) is 21.2. The van der Waals surface area contributed by atoms with Crippen molar-refractivity contribution in [1.82, 2.24) is 0 Å². The van der Waals surface area contributed by atoms with E-state index in [1.54, 1.807) is 85.0 Å². The van der Waals surface area contributed by atoms with Crippen LogP contribution in [0.5, 0.6) is 0 Å². The summed E-state index contributed by atoms with van der Waals surface area (Å²) >= 11 is 0. The number of benzene rings is 2. The lowest BCUT2D eigenvalue weighted by molar-refractivity contribution is -0.131. The first-order valence-corrected chi connectivity index (χ1v) is 23.0. The maximum atomic E-state index is 14.3. The fourth-order valence-corrected chi connectivity index (χ4v) is 9.28. The largest absolute Gasteiger partial charge is 0.506 e. The Balaban J connectivity index is 0.000000360. The third-order valence-corrected chi connectivity index (χ3v) is 13.3. The first kappa shape index (κ1) is 55.5. The summed E-state index contributed by atoms with van der Waals surface area (Å²) in [7, 11) is 2.94. The molecular weight excluding hydrogens is 849 g/mol. The maximum absolute atomic E-state index is 14.3. The molecule has 0 spiro atoms. The van der Waals surface area contributed by atoms with Gasteiger partial charge in [-0.05, 0) is 103 Å². The Bertz CT molecular complexity index is 2190. The van der Waals surface area contributed by atoms with E-state index in [1.165, 1.54) is 26.4 Å². The van der Waals surface area contributed by atoms with Crippen LogP contribution in [0, 0.1) is 34.5 Å². The first-order valence-electron chi connectivity index (χ1n) is 23.0. The van der Waals surface area contributed by atoms with Crippen LogP contribution in [0.2, 0.25) is 0 Å². The van der Waals surface area contributed by atoms with Crippen molar-refractivity contribution in [2.45, 2.75) is 79.1 Å². The van der Waals surface area contributed by atoms with Crippen molar-refractivity contribution >= 4 is 34.7 Å². The number of Topliss-reactive ketones (excluding diaryl/α,β-unsaturated/α-hetero) is 2. The van der Waals surface area contributed by atoms with Crippen LogP contribution in [-0.4, -0.2) is 47.6 Å². The van der Waals surface area contributed by atoms with Gasteiger partial charge in [0.15, 0.2) is 23.1 Å². The van der Waals surface area contributed by atoms with E-state index in [2.05, 4.69) is 52.6 Å². The Morgan fingerprint density at radius 1 is 0.500 bits per heavy atom. The minimum Gasteiger partial charge on any atom is -0.506 e. The van der Waals surface area contributed by atoms with Crippen LogP contribution >= 0.6 is 0 Å². The van der Waals surface area contributed by atoms with Gasteiger partial charge in [-0.1, -0.05) is 134 Å². The highest BCUT2D eigenvalue weighted by Gasteiger charge is 2.53. The molecular formula is C60H72O8. The zero-order chi connectivity index (χ0) is 50.9. The number of methoxy groups -OCH3 is 2. The molecule has 8 heteroatoms. The standard InChI is InChI=1S/2C30H36O4/c2*1-8-13-23(20(3)4)18-30(19-24(14-9-2)21(5)6)26(34-7)17-25(31)27(29(30)33)28(32)22-15-11-10-12-16-22/h2*8-12,15-17,23-24,32H,1-3,5,13-14,18-19H2,4,6-7H3/b2*28-27+/t2*23-,24+,30?. The van der Waals surface area contributed by atoms with Gasteiger partial charge in [0.25, 0.3) is 0 Å². The van der Waals surface area contributed by atoms with Crippen LogP contribution in [-0.2, 0) is 28.7 Å². The highest BCUT2D eigenvalue weighted by molar-refractivity contribution is 6.33. The average Bonchev–Trinajstić information content (AvgIpc) is 3.31. The van der Waals surface area contributed by atoms with Gasteiger partial charge in [-0.3, -0.25) is 19.2 Å². The summed E-state index contributed by atoms with van der Waals surface area (Å²) in [6.07, 6.45) is 13.9. The number of hydrogen-bond donors (Lipinski definition) is 2. The fourth-order valence-electron chi connectivity index (χ4n) is 9.28. The van der Waals surface area contributed by atoms with Gasteiger partial charge < -0.3 is 19.7 Å². The molecule has 2 N–H and O–H groups in total. The Hall–Kier alpha value is -6.80. The van der Waals surface area contributed by atoms with Crippen LogP contribution in [0.25, 0.3) is 11.5 Å². The number of aliphatic hydroxyl groups is 2. The molecule has 2 aromatic carbocycles. The second-order valence-electron chi connectivity index (χ2n) is 18.2. The molecule has 68 heavy (non-hydrogen) atoms. The van der Waals surface area contributed by atoms with Crippen molar-refractivity contribution in [3.8, 4) is 0 Å². The van der Waals surface area contributed by atoms with Crippen LogP contribution in [0.15, 0.2) is 195 Å². The zero-order valence-corrected chi connectivity index (χ0v) is 41.2. The Morgan fingerprint density at radius 2 is 0.750 bits per heavy atom. The monoisotopic (exact) mass is 921 g/mol. The van der Waals surface area contributed by atoms with Gasteiger partial charge in [0.1, 0.15) is 34.2 Å². The number of aliphatic hydroxyl groups excluding tert-OH is 2. The molecule has 0 saturated carbocycles. The minimum absolute atomic E-state index is 0.0668.